The van der Waals surface area contributed by atoms with Crippen LogP contribution in [0.2, 0.25) is 0 Å². The number of hydrogen-bond donors (Lipinski definition) is 2. The summed E-state index contributed by atoms with van der Waals surface area (Å²) in [5.41, 5.74) is -0.872. The summed E-state index contributed by atoms with van der Waals surface area (Å²) < 4.78 is 32.0. The molecule has 2 unspecified atom stereocenters. The Bertz CT molecular complexity index is 687. The van der Waals surface area contributed by atoms with E-state index in [1.807, 2.05) is 0 Å². The lowest BCUT2D eigenvalue weighted by Crippen LogP contribution is -2.52. The Morgan fingerprint density at radius 1 is 1.40 bits per heavy atom. The number of nitrogens with zero attached hydrogens (tertiary/aromatic N) is 2. The lowest BCUT2D eigenvalue weighted by Gasteiger charge is -2.33. The largest absolute Gasteiger partial charge is 0.443 e. The molecule has 0 saturated carbocycles. The highest BCUT2D eigenvalue weighted by molar-refractivity contribution is 7.89. The molecule has 9 heteroatoms. The zero-order valence-corrected chi connectivity index (χ0v) is 15.5. The first-order valence-electron chi connectivity index (χ1n) is 8.20. The van der Waals surface area contributed by atoms with Crippen LogP contribution in [0.3, 0.4) is 0 Å². The van der Waals surface area contributed by atoms with Gasteiger partial charge in [0, 0.05) is 12.7 Å². The van der Waals surface area contributed by atoms with Crippen LogP contribution in [0.5, 0.6) is 0 Å². The molecule has 25 heavy (non-hydrogen) atoms. The van der Waals surface area contributed by atoms with Crippen molar-refractivity contribution in [3.63, 3.8) is 0 Å². The first kappa shape index (κ1) is 19.6. The molecule has 1 aliphatic heterocycles. The van der Waals surface area contributed by atoms with E-state index in [0.717, 1.165) is 0 Å². The average molecular weight is 371 g/mol. The van der Waals surface area contributed by atoms with E-state index in [2.05, 4.69) is 10.3 Å². The molecule has 0 aliphatic carbocycles. The molecule has 0 bridgehead atoms. The van der Waals surface area contributed by atoms with Gasteiger partial charge in [0.2, 0.25) is 0 Å². The van der Waals surface area contributed by atoms with Gasteiger partial charge in [0.05, 0.1) is 12.1 Å². The van der Waals surface area contributed by atoms with Crippen molar-refractivity contribution in [3.8, 4) is 0 Å². The summed E-state index contributed by atoms with van der Waals surface area (Å²) in [6, 6.07) is 3.50. The molecule has 0 spiro atoms. The number of ether oxygens (including phenoxy) is 1. The van der Waals surface area contributed by atoms with Crippen LogP contribution in [0.25, 0.3) is 0 Å². The third kappa shape index (κ3) is 4.90. The van der Waals surface area contributed by atoms with Crippen LogP contribution < -0.4 is 5.32 Å². The quantitative estimate of drug-likeness (QED) is 0.819. The van der Waals surface area contributed by atoms with Gasteiger partial charge in [-0.15, -0.1) is 0 Å². The number of β-amino-alcohol motifs (C(OH)–C–C–N with tert-alkyl or cyclic N) is 1. The van der Waals surface area contributed by atoms with Crippen molar-refractivity contribution >= 4 is 16.1 Å². The van der Waals surface area contributed by atoms with Gasteiger partial charge < -0.3 is 15.2 Å². The van der Waals surface area contributed by atoms with Gasteiger partial charge in [0.25, 0.3) is 10.0 Å². The zero-order valence-electron chi connectivity index (χ0n) is 14.7. The van der Waals surface area contributed by atoms with Crippen LogP contribution in [0.15, 0.2) is 29.4 Å². The molecule has 1 saturated heterocycles. The number of pyridine rings is 1. The summed E-state index contributed by atoms with van der Waals surface area (Å²) in [4.78, 5) is 16.6. The maximum atomic E-state index is 13.0. The minimum Gasteiger partial charge on any atom is -0.443 e. The molecule has 0 aromatic carbocycles. The Labute approximate surface area is 148 Å². The minimum atomic E-state index is -4.26. The monoisotopic (exact) mass is 371 g/mol. The van der Waals surface area contributed by atoms with Gasteiger partial charge in [0.15, 0.2) is 5.03 Å². The van der Waals surface area contributed by atoms with E-state index in [1.165, 1.54) is 18.3 Å². The molecule has 2 N–H and O–H groups in total. The highest BCUT2D eigenvalue weighted by atomic mass is 32.2. The Morgan fingerprint density at radius 2 is 2.12 bits per heavy atom. The van der Waals surface area contributed by atoms with Crippen molar-refractivity contribution in [1.29, 1.82) is 0 Å². The molecule has 8 nitrogen and oxygen atoms in total. The molecule has 2 atom stereocenters. The Kier molecular flexibility index (Phi) is 6.02. The second-order valence-corrected chi connectivity index (χ2v) is 8.69. The average Bonchev–Trinajstić information content (AvgIpc) is 2.71. The molecule has 1 fully saturated rings. The summed E-state index contributed by atoms with van der Waals surface area (Å²) in [7, 11) is -4.26. The molecule has 1 aliphatic rings. The molecule has 2 rings (SSSR count). The fraction of sp³-hybridized carbons (Fsp3) is 0.625. The van der Waals surface area contributed by atoms with E-state index in [4.69, 9.17) is 4.74 Å². The molecular formula is C16H25N3O5S. The van der Waals surface area contributed by atoms with Crippen LogP contribution in [0.1, 0.15) is 33.6 Å². The second kappa shape index (κ2) is 7.67. The standard InChI is InChI=1S/C16H25N3O5S/c1-16(2,3)24-15(21)19(12-7-6-9-17-11-13(12)20)25(22,23)14-8-4-5-10-18-14/h4-5,8,10,12-13,17,20H,6-7,9,11H2,1-3H3. The number of aliphatic hydroxyl groups excluding tert-OH is 1. The number of aliphatic hydroxyl groups is 1. The minimum absolute atomic E-state index is 0.196. The third-order valence-corrected chi connectivity index (χ3v) is 5.39. The number of aromatic nitrogens is 1. The summed E-state index contributed by atoms with van der Waals surface area (Å²) in [5, 5.41) is 13.1. The van der Waals surface area contributed by atoms with E-state index < -0.39 is 33.9 Å². The topological polar surface area (TPSA) is 109 Å². The van der Waals surface area contributed by atoms with Crippen LogP contribution >= 0.6 is 0 Å². The fourth-order valence-electron chi connectivity index (χ4n) is 2.61. The SMILES string of the molecule is CC(C)(C)OC(=O)N(C1CCCNCC1O)S(=O)(=O)c1ccccn1. The smallest absolute Gasteiger partial charge is 0.424 e. The highest BCUT2D eigenvalue weighted by Gasteiger charge is 2.42. The molecular weight excluding hydrogens is 346 g/mol. The number of sulfonamides is 1. The number of carbonyl (C=O) groups is 1. The van der Waals surface area contributed by atoms with Gasteiger partial charge in [-0.05, 0) is 52.3 Å². The highest BCUT2D eigenvalue weighted by Crippen LogP contribution is 2.25. The maximum Gasteiger partial charge on any atom is 0.424 e. The lowest BCUT2D eigenvalue weighted by atomic mass is 10.1. The van der Waals surface area contributed by atoms with Crippen LogP contribution in [-0.4, -0.2) is 59.7 Å². The molecule has 1 aromatic heterocycles. The van der Waals surface area contributed by atoms with Crippen molar-refractivity contribution < 1.29 is 23.1 Å². The third-order valence-electron chi connectivity index (χ3n) is 3.69. The van der Waals surface area contributed by atoms with Gasteiger partial charge >= 0.3 is 6.09 Å². The van der Waals surface area contributed by atoms with Crippen LogP contribution in [0, 0.1) is 0 Å². The van der Waals surface area contributed by atoms with Crippen molar-refractivity contribution in [2.75, 3.05) is 13.1 Å². The van der Waals surface area contributed by atoms with Crippen molar-refractivity contribution in [1.82, 2.24) is 14.6 Å². The van der Waals surface area contributed by atoms with Gasteiger partial charge in [-0.25, -0.2) is 9.78 Å². The van der Waals surface area contributed by atoms with Crippen LogP contribution in [-0.2, 0) is 14.8 Å². The Hall–Kier alpha value is -1.71. The Morgan fingerprint density at radius 3 is 2.72 bits per heavy atom. The Balaban J connectivity index is 2.46. The van der Waals surface area contributed by atoms with Crippen LogP contribution in [0.4, 0.5) is 4.79 Å². The van der Waals surface area contributed by atoms with Gasteiger partial charge in [-0.2, -0.15) is 12.7 Å². The number of rotatable bonds is 3. The van der Waals surface area contributed by atoms with E-state index in [9.17, 15) is 18.3 Å². The van der Waals surface area contributed by atoms with Gasteiger partial charge in [-0.1, -0.05) is 6.07 Å². The maximum absolute atomic E-state index is 13.0. The lowest BCUT2D eigenvalue weighted by molar-refractivity contribution is 0.0186. The second-order valence-electron chi connectivity index (χ2n) is 6.93. The van der Waals surface area contributed by atoms with Crippen molar-refractivity contribution in [2.24, 2.45) is 0 Å². The number of nitrogens with one attached hydrogen (secondary N) is 1. The van der Waals surface area contributed by atoms with Gasteiger partial charge in [0.1, 0.15) is 5.60 Å². The summed E-state index contributed by atoms with van der Waals surface area (Å²) >= 11 is 0. The van der Waals surface area contributed by atoms with Crippen molar-refractivity contribution in [3.05, 3.63) is 24.4 Å². The van der Waals surface area contributed by atoms with E-state index in [0.29, 0.717) is 23.7 Å². The normalized spacial score (nSPS) is 22.1. The van der Waals surface area contributed by atoms with Crippen molar-refractivity contribution in [2.45, 2.75) is 56.4 Å². The van der Waals surface area contributed by atoms with E-state index in [-0.39, 0.29) is 11.6 Å². The number of carbonyl (C=O) groups excluding carboxylic acids is 1. The molecule has 2 heterocycles. The molecule has 140 valence electrons. The van der Waals surface area contributed by atoms with Gasteiger partial charge in [-0.3, -0.25) is 0 Å². The first-order chi connectivity index (χ1) is 11.6. The summed E-state index contributed by atoms with van der Waals surface area (Å²) in [5.74, 6) is 0. The zero-order chi connectivity index (χ0) is 18.7. The fourth-order valence-corrected chi connectivity index (χ4v) is 4.09. The number of hydrogen-bond acceptors (Lipinski definition) is 7. The molecule has 0 radical (unpaired) electrons. The number of amides is 1. The first-order valence-corrected chi connectivity index (χ1v) is 9.64. The predicted molar refractivity (Wildman–Crippen MR) is 91.4 cm³/mol. The predicted octanol–water partition coefficient (Wildman–Crippen LogP) is 1.12. The summed E-state index contributed by atoms with van der Waals surface area (Å²) in [6.07, 6.45) is 0.251. The molecule has 1 aromatic rings. The van der Waals surface area contributed by atoms with E-state index >= 15 is 0 Å². The van der Waals surface area contributed by atoms with E-state index in [1.54, 1.807) is 26.8 Å². The summed E-state index contributed by atoms with van der Waals surface area (Å²) in [6.45, 7) is 5.80. The molecule has 1 amide bonds.